The van der Waals surface area contributed by atoms with Crippen LogP contribution < -0.4 is 5.73 Å². The maximum Gasteiger partial charge on any atom is 0.149 e. The van der Waals surface area contributed by atoms with E-state index in [0.717, 1.165) is 11.1 Å². The molecule has 3 rings (SSSR count). The third kappa shape index (κ3) is 1.54. The maximum atomic E-state index is 13.8. The molecule has 0 amide bonds. The smallest absolute Gasteiger partial charge is 0.149 e. The second-order valence-electron chi connectivity index (χ2n) is 3.83. The number of halogens is 1. The van der Waals surface area contributed by atoms with E-state index in [1.165, 1.54) is 6.07 Å². The van der Waals surface area contributed by atoms with Gasteiger partial charge in [-0.3, -0.25) is 0 Å². The predicted octanol–water partition coefficient (Wildman–Crippen LogP) is 2.75. The number of fused-ring (bicyclic) bond motifs is 1. The van der Waals surface area contributed by atoms with Gasteiger partial charge in [-0.1, -0.05) is 12.1 Å². The summed E-state index contributed by atoms with van der Waals surface area (Å²) in [5.41, 5.74) is 7.57. The van der Waals surface area contributed by atoms with Crippen LogP contribution in [-0.4, -0.2) is 9.78 Å². The molecule has 0 aliphatic heterocycles. The van der Waals surface area contributed by atoms with Crippen LogP contribution in [-0.2, 0) is 0 Å². The highest BCUT2D eigenvalue weighted by atomic mass is 19.1. The van der Waals surface area contributed by atoms with Gasteiger partial charge in [0.15, 0.2) is 0 Å². The molecular formula is C13H10FN3. The highest BCUT2D eigenvalue weighted by molar-refractivity contribution is 5.80. The Bertz CT molecular complexity index is 671. The lowest BCUT2D eigenvalue weighted by Gasteiger charge is -2.04. The van der Waals surface area contributed by atoms with Crippen molar-refractivity contribution in [1.29, 1.82) is 0 Å². The SMILES string of the molecule is Nc1ccc(-n2ncc3cccc(F)c32)cc1. The van der Waals surface area contributed by atoms with Gasteiger partial charge in [0.25, 0.3) is 0 Å². The van der Waals surface area contributed by atoms with Crippen LogP contribution in [0.25, 0.3) is 16.6 Å². The van der Waals surface area contributed by atoms with Crippen LogP contribution in [0.3, 0.4) is 0 Å². The van der Waals surface area contributed by atoms with Crippen molar-refractivity contribution in [1.82, 2.24) is 9.78 Å². The van der Waals surface area contributed by atoms with Crippen molar-refractivity contribution in [3.63, 3.8) is 0 Å². The van der Waals surface area contributed by atoms with Gasteiger partial charge in [0.05, 0.1) is 11.9 Å². The Morgan fingerprint density at radius 2 is 1.82 bits per heavy atom. The summed E-state index contributed by atoms with van der Waals surface area (Å²) in [7, 11) is 0. The van der Waals surface area contributed by atoms with E-state index in [9.17, 15) is 4.39 Å². The Kier molecular flexibility index (Phi) is 2.08. The first-order valence-electron chi connectivity index (χ1n) is 5.24. The number of anilines is 1. The molecule has 3 nitrogen and oxygen atoms in total. The van der Waals surface area contributed by atoms with E-state index in [2.05, 4.69) is 5.10 Å². The van der Waals surface area contributed by atoms with Gasteiger partial charge in [-0.2, -0.15) is 5.10 Å². The topological polar surface area (TPSA) is 43.8 Å². The number of aromatic nitrogens is 2. The molecule has 4 heteroatoms. The molecule has 0 atom stereocenters. The average molecular weight is 227 g/mol. The Labute approximate surface area is 97.3 Å². The van der Waals surface area contributed by atoms with E-state index in [1.54, 1.807) is 29.1 Å². The number of rotatable bonds is 1. The molecule has 0 saturated carbocycles. The van der Waals surface area contributed by atoms with E-state index in [4.69, 9.17) is 5.73 Å². The van der Waals surface area contributed by atoms with Gasteiger partial charge in [0, 0.05) is 11.1 Å². The van der Waals surface area contributed by atoms with Crippen LogP contribution in [0.5, 0.6) is 0 Å². The average Bonchev–Trinajstić information content (AvgIpc) is 2.75. The summed E-state index contributed by atoms with van der Waals surface area (Å²) in [6, 6.07) is 12.1. The number of nitrogens with zero attached hydrogens (tertiary/aromatic N) is 2. The minimum atomic E-state index is -0.281. The first-order valence-corrected chi connectivity index (χ1v) is 5.24. The highest BCUT2D eigenvalue weighted by Gasteiger charge is 2.08. The third-order valence-corrected chi connectivity index (χ3v) is 2.68. The van der Waals surface area contributed by atoms with Crippen LogP contribution >= 0.6 is 0 Å². The molecule has 84 valence electrons. The zero-order valence-corrected chi connectivity index (χ0v) is 8.97. The Balaban J connectivity index is 2.27. The van der Waals surface area contributed by atoms with Crippen molar-refractivity contribution >= 4 is 16.6 Å². The number of nitrogens with two attached hydrogens (primary N) is 1. The van der Waals surface area contributed by atoms with E-state index in [1.807, 2.05) is 18.2 Å². The van der Waals surface area contributed by atoms with E-state index >= 15 is 0 Å². The van der Waals surface area contributed by atoms with E-state index < -0.39 is 0 Å². The summed E-state index contributed by atoms with van der Waals surface area (Å²) < 4.78 is 15.3. The Hall–Kier alpha value is -2.36. The van der Waals surface area contributed by atoms with Gasteiger partial charge in [0.2, 0.25) is 0 Å². The highest BCUT2D eigenvalue weighted by Crippen LogP contribution is 2.21. The van der Waals surface area contributed by atoms with Crippen molar-refractivity contribution in [2.24, 2.45) is 0 Å². The molecular weight excluding hydrogens is 217 g/mol. The Morgan fingerprint density at radius 1 is 1.06 bits per heavy atom. The lowest BCUT2D eigenvalue weighted by atomic mass is 10.2. The van der Waals surface area contributed by atoms with Crippen LogP contribution in [0.1, 0.15) is 0 Å². The van der Waals surface area contributed by atoms with Gasteiger partial charge in [0.1, 0.15) is 11.3 Å². The summed E-state index contributed by atoms with van der Waals surface area (Å²) in [4.78, 5) is 0. The number of benzene rings is 2. The zero-order chi connectivity index (χ0) is 11.8. The van der Waals surface area contributed by atoms with Crippen molar-refractivity contribution < 1.29 is 4.39 Å². The van der Waals surface area contributed by atoms with E-state index in [0.29, 0.717) is 11.2 Å². The molecule has 1 aromatic heterocycles. The molecule has 0 bridgehead atoms. The lowest BCUT2D eigenvalue weighted by Crippen LogP contribution is -1.97. The maximum absolute atomic E-state index is 13.8. The number of hydrogen-bond donors (Lipinski definition) is 1. The summed E-state index contributed by atoms with van der Waals surface area (Å²) in [6.07, 6.45) is 1.65. The van der Waals surface area contributed by atoms with Crippen LogP contribution in [0.15, 0.2) is 48.7 Å². The quantitative estimate of drug-likeness (QED) is 0.649. The molecule has 0 fully saturated rings. The van der Waals surface area contributed by atoms with Crippen LogP contribution in [0, 0.1) is 5.82 Å². The predicted molar refractivity (Wildman–Crippen MR) is 65.4 cm³/mol. The normalized spacial score (nSPS) is 10.9. The molecule has 0 saturated heterocycles. The molecule has 2 N–H and O–H groups in total. The van der Waals surface area contributed by atoms with Crippen molar-refractivity contribution in [3.8, 4) is 5.69 Å². The van der Waals surface area contributed by atoms with Crippen molar-refractivity contribution in [2.75, 3.05) is 5.73 Å². The lowest BCUT2D eigenvalue weighted by molar-refractivity contribution is 0.632. The van der Waals surface area contributed by atoms with Gasteiger partial charge in [-0.05, 0) is 30.3 Å². The minimum Gasteiger partial charge on any atom is -0.399 e. The fourth-order valence-electron chi connectivity index (χ4n) is 1.85. The van der Waals surface area contributed by atoms with Crippen molar-refractivity contribution in [2.45, 2.75) is 0 Å². The largest absolute Gasteiger partial charge is 0.399 e. The van der Waals surface area contributed by atoms with Gasteiger partial charge in [-0.15, -0.1) is 0 Å². The number of nitrogen functional groups attached to an aromatic ring is 1. The summed E-state index contributed by atoms with van der Waals surface area (Å²) in [5, 5.41) is 4.97. The molecule has 3 aromatic rings. The first kappa shape index (κ1) is 9.84. The monoisotopic (exact) mass is 227 g/mol. The zero-order valence-electron chi connectivity index (χ0n) is 8.97. The van der Waals surface area contributed by atoms with Gasteiger partial charge in [-0.25, -0.2) is 9.07 Å². The molecule has 17 heavy (non-hydrogen) atoms. The van der Waals surface area contributed by atoms with Gasteiger partial charge < -0.3 is 5.73 Å². The Morgan fingerprint density at radius 3 is 2.59 bits per heavy atom. The molecule has 0 spiro atoms. The molecule has 0 aliphatic rings. The van der Waals surface area contributed by atoms with Gasteiger partial charge >= 0.3 is 0 Å². The first-order chi connectivity index (χ1) is 8.25. The second-order valence-corrected chi connectivity index (χ2v) is 3.83. The fraction of sp³-hybridized carbons (Fsp3) is 0. The second kappa shape index (κ2) is 3.59. The minimum absolute atomic E-state index is 0.281. The molecule has 0 unspecified atom stereocenters. The molecule has 0 aliphatic carbocycles. The van der Waals surface area contributed by atoms with Crippen LogP contribution in [0.2, 0.25) is 0 Å². The molecule has 0 radical (unpaired) electrons. The number of hydrogen-bond acceptors (Lipinski definition) is 2. The van der Waals surface area contributed by atoms with Crippen molar-refractivity contribution in [3.05, 3.63) is 54.5 Å². The summed E-state index contributed by atoms with van der Waals surface area (Å²) >= 11 is 0. The number of para-hydroxylation sites is 1. The summed E-state index contributed by atoms with van der Waals surface area (Å²) in [5.74, 6) is -0.281. The van der Waals surface area contributed by atoms with Crippen LogP contribution in [0.4, 0.5) is 10.1 Å². The van der Waals surface area contributed by atoms with E-state index in [-0.39, 0.29) is 5.82 Å². The standard InChI is InChI=1S/C13H10FN3/c14-12-3-1-2-9-8-16-17(13(9)12)11-6-4-10(15)5-7-11/h1-8H,15H2. The molecule has 2 aromatic carbocycles. The fourth-order valence-corrected chi connectivity index (χ4v) is 1.85. The summed E-state index contributed by atoms with van der Waals surface area (Å²) in [6.45, 7) is 0. The third-order valence-electron chi connectivity index (χ3n) is 2.68. The molecule has 1 heterocycles.